The SMILES string of the molecule is COc1ccc(CNC(C)C2CCOC2)cc1C. The summed E-state index contributed by atoms with van der Waals surface area (Å²) in [5.41, 5.74) is 2.49. The smallest absolute Gasteiger partial charge is 0.121 e. The van der Waals surface area contributed by atoms with Gasteiger partial charge in [-0.3, -0.25) is 0 Å². The highest BCUT2D eigenvalue weighted by Gasteiger charge is 2.21. The summed E-state index contributed by atoms with van der Waals surface area (Å²) in [7, 11) is 1.71. The fourth-order valence-corrected chi connectivity index (χ4v) is 2.44. The Morgan fingerprint density at radius 2 is 2.33 bits per heavy atom. The number of hydrogen-bond donors (Lipinski definition) is 1. The number of ether oxygens (including phenoxy) is 2. The molecule has 2 unspecified atom stereocenters. The molecule has 2 atom stereocenters. The molecule has 3 heteroatoms. The third-order valence-corrected chi connectivity index (χ3v) is 3.76. The van der Waals surface area contributed by atoms with Gasteiger partial charge < -0.3 is 14.8 Å². The zero-order chi connectivity index (χ0) is 13.0. The fraction of sp³-hybridized carbons (Fsp3) is 0.600. The first-order valence-electron chi connectivity index (χ1n) is 6.65. The van der Waals surface area contributed by atoms with Crippen molar-refractivity contribution in [3.63, 3.8) is 0 Å². The second-order valence-corrected chi connectivity index (χ2v) is 5.10. The summed E-state index contributed by atoms with van der Waals surface area (Å²) in [5.74, 6) is 1.61. The third-order valence-electron chi connectivity index (χ3n) is 3.76. The molecular formula is C15H23NO2. The summed E-state index contributed by atoms with van der Waals surface area (Å²) in [5, 5.41) is 3.58. The lowest BCUT2D eigenvalue weighted by molar-refractivity contribution is 0.178. The van der Waals surface area contributed by atoms with Crippen molar-refractivity contribution >= 4 is 0 Å². The Balaban J connectivity index is 1.87. The van der Waals surface area contributed by atoms with Crippen LogP contribution < -0.4 is 10.1 Å². The van der Waals surface area contributed by atoms with Gasteiger partial charge in [0.2, 0.25) is 0 Å². The number of methoxy groups -OCH3 is 1. The van der Waals surface area contributed by atoms with Crippen LogP contribution in [-0.4, -0.2) is 26.4 Å². The van der Waals surface area contributed by atoms with Crippen molar-refractivity contribution in [2.45, 2.75) is 32.9 Å². The van der Waals surface area contributed by atoms with Gasteiger partial charge in [-0.15, -0.1) is 0 Å². The Bertz CT molecular complexity index is 386. The van der Waals surface area contributed by atoms with Gasteiger partial charge in [0.15, 0.2) is 0 Å². The van der Waals surface area contributed by atoms with E-state index in [1.807, 2.05) is 6.07 Å². The van der Waals surface area contributed by atoms with Crippen molar-refractivity contribution in [2.24, 2.45) is 5.92 Å². The van der Waals surface area contributed by atoms with Crippen LogP contribution in [0.3, 0.4) is 0 Å². The van der Waals surface area contributed by atoms with Crippen molar-refractivity contribution in [2.75, 3.05) is 20.3 Å². The first-order valence-corrected chi connectivity index (χ1v) is 6.65. The zero-order valence-electron chi connectivity index (χ0n) is 11.5. The summed E-state index contributed by atoms with van der Waals surface area (Å²) in [4.78, 5) is 0. The normalized spacial score (nSPS) is 20.9. The molecule has 1 fully saturated rings. The molecule has 0 amide bonds. The number of nitrogens with one attached hydrogen (secondary N) is 1. The van der Waals surface area contributed by atoms with E-state index in [1.54, 1.807) is 7.11 Å². The van der Waals surface area contributed by atoms with Gasteiger partial charge in [0, 0.05) is 19.2 Å². The number of aryl methyl sites for hydroxylation is 1. The number of hydrogen-bond acceptors (Lipinski definition) is 3. The van der Waals surface area contributed by atoms with E-state index in [0.717, 1.165) is 25.5 Å². The summed E-state index contributed by atoms with van der Waals surface area (Å²) in [6, 6.07) is 6.85. The molecule has 100 valence electrons. The maximum absolute atomic E-state index is 5.42. The van der Waals surface area contributed by atoms with Crippen LogP contribution in [0.2, 0.25) is 0 Å². The lowest BCUT2D eigenvalue weighted by atomic mass is 10.0. The summed E-state index contributed by atoms with van der Waals surface area (Å²) < 4.78 is 10.7. The summed E-state index contributed by atoms with van der Waals surface area (Å²) in [6.45, 7) is 7.04. The lowest BCUT2D eigenvalue weighted by Crippen LogP contribution is -2.33. The van der Waals surface area contributed by atoms with E-state index >= 15 is 0 Å². The Morgan fingerprint density at radius 1 is 1.50 bits per heavy atom. The predicted molar refractivity (Wildman–Crippen MR) is 73.0 cm³/mol. The van der Waals surface area contributed by atoms with E-state index in [1.165, 1.54) is 17.5 Å². The average Bonchev–Trinajstić information content (AvgIpc) is 2.90. The Labute approximate surface area is 109 Å². The van der Waals surface area contributed by atoms with E-state index in [4.69, 9.17) is 9.47 Å². The minimum absolute atomic E-state index is 0.509. The van der Waals surface area contributed by atoms with Crippen LogP contribution in [-0.2, 0) is 11.3 Å². The molecule has 0 aliphatic carbocycles. The molecule has 3 nitrogen and oxygen atoms in total. The summed E-state index contributed by atoms with van der Waals surface area (Å²) in [6.07, 6.45) is 1.18. The topological polar surface area (TPSA) is 30.5 Å². The van der Waals surface area contributed by atoms with Gasteiger partial charge in [0.1, 0.15) is 5.75 Å². The van der Waals surface area contributed by atoms with Crippen molar-refractivity contribution in [3.05, 3.63) is 29.3 Å². The minimum atomic E-state index is 0.509. The van der Waals surface area contributed by atoms with Gasteiger partial charge in [-0.1, -0.05) is 12.1 Å². The van der Waals surface area contributed by atoms with Crippen LogP contribution in [0, 0.1) is 12.8 Å². The van der Waals surface area contributed by atoms with Crippen LogP contribution in [0.15, 0.2) is 18.2 Å². The highest BCUT2D eigenvalue weighted by Crippen LogP contribution is 2.20. The standard InChI is InChI=1S/C15H23NO2/c1-11-8-13(4-5-15(11)17-3)9-16-12(2)14-6-7-18-10-14/h4-5,8,12,14,16H,6-7,9-10H2,1-3H3. The Hall–Kier alpha value is -1.06. The van der Waals surface area contributed by atoms with E-state index in [0.29, 0.717) is 12.0 Å². The van der Waals surface area contributed by atoms with Crippen LogP contribution in [0.25, 0.3) is 0 Å². The molecule has 0 aromatic heterocycles. The van der Waals surface area contributed by atoms with Crippen molar-refractivity contribution in [1.82, 2.24) is 5.32 Å². The predicted octanol–water partition coefficient (Wildman–Crippen LogP) is 2.52. The lowest BCUT2D eigenvalue weighted by Gasteiger charge is -2.19. The first-order chi connectivity index (χ1) is 8.70. The molecule has 0 radical (unpaired) electrons. The monoisotopic (exact) mass is 249 g/mol. The fourth-order valence-electron chi connectivity index (χ4n) is 2.44. The van der Waals surface area contributed by atoms with Crippen LogP contribution >= 0.6 is 0 Å². The molecule has 1 aromatic rings. The zero-order valence-corrected chi connectivity index (χ0v) is 11.5. The molecule has 0 saturated carbocycles. The van der Waals surface area contributed by atoms with Gasteiger partial charge in [-0.05, 0) is 43.4 Å². The second kappa shape index (κ2) is 6.21. The molecule has 0 spiro atoms. The first kappa shape index (κ1) is 13.4. The van der Waals surface area contributed by atoms with Crippen LogP contribution in [0.4, 0.5) is 0 Å². The van der Waals surface area contributed by atoms with E-state index in [-0.39, 0.29) is 0 Å². The van der Waals surface area contributed by atoms with E-state index in [9.17, 15) is 0 Å². The van der Waals surface area contributed by atoms with Gasteiger partial charge in [-0.25, -0.2) is 0 Å². The highest BCUT2D eigenvalue weighted by atomic mass is 16.5. The van der Waals surface area contributed by atoms with Crippen LogP contribution in [0.5, 0.6) is 5.75 Å². The molecule has 1 aliphatic rings. The highest BCUT2D eigenvalue weighted by molar-refractivity contribution is 5.36. The maximum atomic E-state index is 5.42. The molecule has 1 saturated heterocycles. The van der Waals surface area contributed by atoms with Gasteiger partial charge in [0.25, 0.3) is 0 Å². The largest absolute Gasteiger partial charge is 0.496 e. The van der Waals surface area contributed by atoms with E-state index in [2.05, 4.69) is 31.3 Å². The Morgan fingerprint density at radius 3 is 2.94 bits per heavy atom. The quantitative estimate of drug-likeness (QED) is 0.870. The van der Waals surface area contributed by atoms with Crippen molar-refractivity contribution in [1.29, 1.82) is 0 Å². The molecule has 18 heavy (non-hydrogen) atoms. The minimum Gasteiger partial charge on any atom is -0.496 e. The number of benzene rings is 1. The molecule has 0 bridgehead atoms. The molecular weight excluding hydrogens is 226 g/mol. The van der Waals surface area contributed by atoms with Gasteiger partial charge in [-0.2, -0.15) is 0 Å². The van der Waals surface area contributed by atoms with Crippen molar-refractivity contribution in [3.8, 4) is 5.75 Å². The molecule has 1 aliphatic heterocycles. The molecule has 2 rings (SSSR count). The average molecular weight is 249 g/mol. The Kier molecular flexibility index (Phi) is 4.61. The summed E-state index contributed by atoms with van der Waals surface area (Å²) >= 11 is 0. The van der Waals surface area contributed by atoms with E-state index < -0.39 is 0 Å². The molecule has 1 aromatic carbocycles. The van der Waals surface area contributed by atoms with Gasteiger partial charge >= 0.3 is 0 Å². The maximum Gasteiger partial charge on any atom is 0.121 e. The second-order valence-electron chi connectivity index (χ2n) is 5.10. The van der Waals surface area contributed by atoms with Gasteiger partial charge in [0.05, 0.1) is 13.7 Å². The van der Waals surface area contributed by atoms with Crippen molar-refractivity contribution < 1.29 is 9.47 Å². The number of rotatable bonds is 5. The molecule has 1 N–H and O–H groups in total. The van der Waals surface area contributed by atoms with Crippen LogP contribution in [0.1, 0.15) is 24.5 Å². The third kappa shape index (κ3) is 3.24. The molecule has 1 heterocycles.